The molecule has 0 heterocycles. The van der Waals surface area contributed by atoms with Gasteiger partial charge in [-0.05, 0) is 91.3 Å². The van der Waals surface area contributed by atoms with Gasteiger partial charge in [-0.2, -0.15) is 0 Å². The highest BCUT2D eigenvalue weighted by Crippen LogP contribution is 2.72. The molecule has 34 heavy (non-hydrogen) atoms. The van der Waals surface area contributed by atoms with E-state index in [4.69, 9.17) is 4.74 Å². The van der Waals surface area contributed by atoms with Crippen LogP contribution in [0.1, 0.15) is 133 Å². The van der Waals surface area contributed by atoms with Crippen molar-refractivity contribution in [1.29, 1.82) is 0 Å². The van der Waals surface area contributed by atoms with E-state index in [0.717, 1.165) is 24.2 Å². The molecule has 0 N–H and O–H groups in total. The molecule has 0 aromatic carbocycles. The Kier molecular flexibility index (Phi) is 6.92. The Morgan fingerprint density at radius 1 is 0.912 bits per heavy atom. The summed E-state index contributed by atoms with van der Waals surface area (Å²) in [5.41, 5.74) is 4.87. The van der Waals surface area contributed by atoms with E-state index in [0.29, 0.717) is 16.7 Å². The first kappa shape index (κ1) is 26.3. The van der Waals surface area contributed by atoms with Gasteiger partial charge in [-0.3, -0.25) is 4.79 Å². The minimum atomic E-state index is -0.113. The van der Waals surface area contributed by atoms with Gasteiger partial charge in [0.2, 0.25) is 0 Å². The highest BCUT2D eigenvalue weighted by molar-refractivity contribution is 5.66. The van der Waals surface area contributed by atoms with Gasteiger partial charge < -0.3 is 4.74 Å². The SMILES string of the molecule is CC(=O)O[C@H]1CC[C@]2(C)C3=C(CC[C@H]2C1(C)C)[C@@]1(C)CC[C@H]([C@H](C)CCCC(C)C)[C@]1(C)CC3. The average Bonchev–Trinajstić information content (AvgIpc) is 3.01. The Hall–Kier alpha value is -0.790. The van der Waals surface area contributed by atoms with Crippen molar-refractivity contribution in [3.63, 3.8) is 0 Å². The fraction of sp³-hybridized carbons (Fsp3) is 0.906. The molecule has 0 spiro atoms. The van der Waals surface area contributed by atoms with Crippen molar-refractivity contribution in [2.24, 2.45) is 45.3 Å². The number of hydrogen-bond acceptors (Lipinski definition) is 2. The van der Waals surface area contributed by atoms with Crippen LogP contribution >= 0.6 is 0 Å². The van der Waals surface area contributed by atoms with Gasteiger partial charge in [0.1, 0.15) is 6.10 Å². The van der Waals surface area contributed by atoms with Gasteiger partial charge >= 0.3 is 5.97 Å². The van der Waals surface area contributed by atoms with Gasteiger partial charge in [-0.1, -0.05) is 85.8 Å². The van der Waals surface area contributed by atoms with Crippen molar-refractivity contribution in [2.75, 3.05) is 0 Å². The largest absolute Gasteiger partial charge is 0.462 e. The first-order valence-electron chi connectivity index (χ1n) is 14.7. The summed E-state index contributed by atoms with van der Waals surface area (Å²) in [6, 6.07) is 0. The predicted molar refractivity (Wildman–Crippen MR) is 142 cm³/mol. The Morgan fingerprint density at radius 3 is 2.26 bits per heavy atom. The van der Waals surface area contributed by atoms with Crippen LogP contribution in [-0.4, -0.2) is 12.1 Å². The van der Waals surface area contributed by atoms with Crippen molar-refractivity contribution in [2.45, 2.75) is 139 Å². The Balaban J connectivity index is 1.61. The standard InChI is InChI=1S/C32H54O2/c1-21(2)11-10-12-22(3)24-15-19-32(9)26-13-14-27-29(5,6)28(34-23(4)33)17-18-30(27,7)25(26)16-20-31(24,32)8/h21-22,24,27-28H,10-20H2,1-9H3/t22-,24-,27+,28+,30-,31+,32-/m1/s1. The topological polar surface area (TPSA) is 26.3 Å². The average molecular weight is 471 g/mol. The van der Waals surface area contributed by atoms with E-state index in [1.807, 2.05) is 11.1 Å². The number of carbonyl (C=O) groups excluding carboxylic acids is 1. The summed E-state index contributed by atoms with van der Waals surface area (Å²) in [6.45, 7) is 21.6. The quantitative estimate of drug-likeness (QED) is 0.286. The second-order valence-electron chi connectivity index (χ2n) is 14.6. The molecule has 0 saturated heterocycles. The second-order valence-corrected chi connectivity index (χ2v) is 14.6. The van der Waals surface area contributed by atoms with Crippen molar-refractivity contribution in [1.82, 2.24) is 0 Å². The molecule has 0 amide bonds. The third-order valence-electron chi connectivity index (χ3n) is 12.2. The zero-order valence-electron chi connectivity index (χ0n) is 24.0. The number of fused-ring (bicyclic) bond motifs is 4. The van der Waals surface area contributed by atoms with Crippen molar-refractivity contribution < 1.29 is 9.53 Å². The maximum Gasteiger partial charge on any atom is 0.302 e. The van der Waals surface area contributed by atoms with E-state index in [9.17, 15) is 4.79 Å². The lowest BCUT2D eigenvalue weighted by atomic mass is 9.43. The fourth-order valence-electron chi connectivity index (χ4n) is 10.1. The summed E-state index contributed by atoms with van der Waals surface area (Å²) in [4.78, 5) is 11.8. The molecule has 0 aromatic heterocycles. The lowest BCUT2D eigenvalue weighted by Crippen LogP contribution is -2.55. The lowest BCUT2D eigenvalue weighted by molar-refractivity contribution is -0.167. The highest BCUT2D eigenvalue weighted by atomic mass is 16.5. The molecule has 7 atom stereocenters. The van der Waals surface area contributed by atoms with E-state index in [-0.39, 0.29) is 22.9 Å². The summed E-state index contributed by atoms with van der Waals surface area (Å²) in [5, 5.41) is 0. The number of hydrogen-bond donors (Lipinski definition) is 0. The van der Waals surface area contributed by atoms with E-state index in [1.54, 1.807) is 6.92 Å². The van der Waals surface area contributed by atoms with Gasteiger partial charge in [0.05, 0.1) is 0 Å². The number of ether oxygens (including phenoxy) is 1. The fourth-order valence-corrected chi connectivity index (χ4v) is 10.1. The van der Waals surface area contributed by atoms with Gasteiger partial charge in [0, 0.05) is 12.3 Å². The number of rotatable bonds is 6. The lowest BCUT2D eigenvalue weighted by Gasteiger charge is -2.62. The van der Waals surface area contributed by atoms with E-state index >= 15 is 0 Å². The van der Waals surface area contributed by atoms with Crippen LogP contribution in [0.15, 0.2) is 11.1 Å². The molecule has 4 aliphatic carbocycles. The molecule has 2 nitrogen and oxygen atoms in total. The minimum absolute atomic E-state index is 0.0436. The van der Waals surface area contributed by atoms with Crippen LogP contribution in [0.3, 0.4) is 0 Å². The first-order chi connectivity index (χ1) is 15.8. The number of esters is 1. The maximum absolute atomic E-state index is 11.8. The van der Waals surface area contributed by atoms with Gasteiger partial charge in [0.25, 0.3) is 0 Å². The highest BCUT2D eigenvalue weighted by Gasteiger charge is 2.63. The molecule has 0 unspecified atom stereocenters. The third-order valence-corrected chi connectivity index (χ3v) is 12.2. The van der Waals surface area contributed by atoms with Gasteiger partial charge in [-0.25, -0.2) is 0 Å². The normalized spacial score (nSPS) is 42.1. The van der Waals surface area contributed by atoms with Crippen molar-refractivity contribution in [3.8, 4) is 0 Å². The molecule has 2 fully saturated rings. The summed E-state index contributed by atoms with van der Waals surface area (Å²) in [5.74, 6) is 3.04. The van der Waals surface area contributed by atoms with Crippen LogP contribution in [0.2, 0.25) is 0 Å². The predicted octanol–water partition coefficient (Wildman–Crippen LogP) is 9.13. The number of carbonyl (C=O) groups is 1. The Morgan fingerprint density at radius 2 is 1.62 bits per heavy atom. The van der Waals surface area contributed by atoms with Crippen LogP contribution in [-0.2, 0) is 9.53 Å². The summed E-state index contributed by atoms with van der Waals surface area (Å²) < 4.78 is 5.87. The van der Waals surface area contributed by atoms with Gasteiger partial charge in [0.15, 0.2) is 0 Å². The van der Waals surface area contributed by atoms with E-state index < -0.39 is 0 Å². The molecule has 4 rings (SSSR count). The van der Waals surface area contributed by atoms with Crippen molar-refractivity contribution >= 4 is 5.97 Å². The number of allylic oxidation sites excluding steroid dienone is 2. The maximum atomic E-state index is 11.8. The molecule has 2 heteroatoms. The molecule has 194 valence electrons. The monoisotopic (exact) mass is 470 g/mol. The molecule has 0 bridgehead atoms. The van der Waals surface area contributed by atoms with Crippen molar-refractivity contribution in [3.05, 3.63) is 11.1 Å². The molecular weight excluding hydrogens is 416 g/mol. The zero-order chi connectivity index (χ0) is 25.1. The molecule has 4 aliphatic rings. The smallest absolute Gasteiger partial charge is 0.302 e. The molecular formula is C32H54O2. The summed E-state index contributed by atoms with van der Waals surface area (Å²) >= 11 is 0. The Bertz CT molecular complexity index is 821. The van der Waals surface area contributed by atoms with E-state index in [1.165, 1.54) is 64.2 Å². The van der Waals surface area contributed by atoms with Crippen LogP contribution in [0.5, 0.6) is 0 Å². The van der Waals surface area contributed by atoms with Crippen LogP contribution in [0.4, 0.5) is 0 Å². The van der Waals surface area contributed by atoms with E-state index in [2.05, 4.69) is 55.4 Å². The van der Waals surface area contributed by atoms with Crippen LogP contribution in [0.25, 0.3) is 0 Å². The zero-order valence-corrected chi connectivity index (χ0v) is 24.0. The molecule has 0 radical (unpaired) electrons. The summed E-state index contributed by atoms with van der Waals surface area (Å²) in [7, 11) is 0. The minimum Gasteiger partial charge on any atom is -0.462 e. The van der Waals surface area contributed by atoms with Gasteiger partial charge in [-0.15, -0.1) is 0 Å². The molecule has 0 aromatic rings. The summed E-state index contributed by atoms with van der Waals surface area (Å²) in [6.07, 6.45) is 14.5. The van der Waals surface area contributed by atoms with Crippen LogP contribution in [0, 0.1) is 45.3 Å². The first-order valence-corrected chi connectivity index (χ1v) is 14.7. The Labute approximate surface area is 211 Å². The van der Waals surface area contributed by atoms with Crippen LogP contribution < -0.4 is 0 Å². The molecule has 2 saturated carbocycles. The second kappa shape index (κ2) is 8.95. The molecule has 0 aliphatic heterocycles. The third kappa shape index (κ3) is 3.92.